The summed E-state index contributed by atoms with van der Waals surface area (Å²) in [6.45, 7) is -0.0140. The van der Waals surface area contributed by atoms with Crippen LogP contribution < -0.4 is 9.47 Å². The molecule has 0 aliphatic rings. The normalized spacial score (nSPS) is 11.1. The van der Waals surface area contributed by atoms with Crippen molar-refractivity contribution in [2.24, 2.45) is 0 Å². The summed E-state index contributed by atoms with van der Waals surface area (Å²) in [5, 5.41) is 7.38. The average Bonchev–Trinajstić information content (AvgIpc) is 2.37. The van der Waals surface area contributed by atoms with E-state index in [2.05, 4.69) is 21.0 Å². The van der Waals surface area contributed by atoms with Gasteiger partial charge in [0.15, 0.2) is 11.5 Å². The first-order chi connectivity index (χ1) is 9.04. The van der Waals surface area contributed by atoms with E-state index in [1.54, 1.807) is 12.1 Å². The minimum absolute atomic E-state index is 0.0140. The lowest BCUT2D eigenvalue weighted by Crippen LogP contribution is -2.17. The zero-order chi connectivity index (χ0) is 13.7. The number of halogens is 3. The topological polar surface area (TPSA) is 44.2 Å². The van der Waals surface area contributed by atoms with Crippen molar-refractivity contribution in [1.82, 2.24) is 10.2 Å². The molecule has 0 atom stereocenters. The summed E-state index contributed by atoms with van der Waals surface area (Å²) >= 11 is 0. The zero-order valence-electron chi connectivity index (χ0n) is 9.52. The number of hydrogen-bond donors (Lipinski definition) is 0. The van der Waals surface area contributed by atoms with Crippen LogP contribution >= 0.6 is 0 Å². The second kappa shape index (κ2) is 5.55. The maximum atomic E-state index is 12.2. The summed E-state index contributed by atoms with van der Waals surface area (Å²) in [6.07, 6.45) is -3.31. The minimum atomic E-state index is -4.79. The van der Waals surface area contributed by atoms with E-state index < -0.39 is 12.1 Å². The van der Waals surface area contributed by atoms with Gasteiger partial charge in [0.2, 0.25) is 0 Å². The van der Waals surface area contributed by atoms with Crippen LogP contribution in [0.4, 0.5) is 13.2 Å². The highest BCUT2D eigenvalue weighted by atomic mass is 19.4. The maximum Gasteiger partial charge on any atom is 0.573 e. The molecule has 1 radical (unpaired) electrons. The fraction of sp³-hybridized carbons (Fsp3) is 0.167. The lowest BCUT2D eigenvalue weighted by molar-refractivity contribution is -0.275. The van der Waals surface area contributed by atoms with E-state index in [0.29, 0.717) is 5.69 Å². The molecular formula is C12H8F3N2O2. The second-order valence-electron chi connectivity index (χ2n) is 3.41. The maximum absolute atomic E-state index is 12.2. The van der Waals surface area contributed by atoms with Crippen LogP contribution in [0.2, 0.25) is 0 Å². The van der Waals surface area contributed by atoms with E-state index in [-0.39, 0.29) is 12.4 Å². The van der Waals surface area contributed by atoms with Gasteiger partial charge in [-0.3, -0.25) is 0 Å². The Morgan fingerprint density at radius 3 is 2.74 bits per heavy atom. The van der Waals surface area contributed by atoms with Crippen molar-refractivity contribution in [3.8, 4) is 11.5 Å². The molecule has 0 saturated carbocycles. The van der Waals surface area contributed by atoms with Crippen LogP contribution in [0.25, 0.3) is 0 Å². The van der Waals surface area contributed by atoms with E-state index in [4.69, 9.17) is 4.74 Å². The Morgan fingerprint density at radius 1 is 1.21 bits per heavy atom. The summed E-state index contributed by atoms with van der Waals surface area (Å²) in [7, 11) is 0. The van der Waals surface area contributed by atoms with Crippen LogP contribution in [0, 0.1) is 6.07 Å². The molecule has 1 aromatic carbocycles. The summed E-state index contributed by atoms with van der Waals surface area (Å²) in [4.78, 5) is 0. The van der Waals surface area contributed by atoms with E-state index in [1.165, 1.54) is 24.4 Å². The molecule has 0 aliphatic heterocycles. The number of nitrogens with zero attached hydrogens (tertiary/aromatic N) is 2. The number of aromatic nitrogens is 2. The van der Waals surface area contributed by atoms with E-state index in [9.17, 15) is 13.2 Å². The van der Waals surface area contributed by atoms with Gasteiger partial charge in [0.05, 0.1) is 0 Å². The van der Waals surface area contributed by atoms with Gasteiger partial charge in [-0.15, -0.1) is 13.2 Å². The SMILES string of the molecule is FC(F)(F)Oc1[c]cccc1OCc1cccnn1. The van der Waals surface area contributed by atoms with Gasteiger partial charge >= 0.3 is 6.36 Å². The summed E-state index contributed by atoms with van der Waals surface area (Å²) in [5.41, 5.74) is 0.490. The molecule has 0 aliphatic carbocycles. The van der Waals surface area contributed by atoms with Crippen LogP contribution in [-0.4, -0.2) is 16.6 Å². The molecule has 0 N–H and O–H groups in total. The number of hydrogen-bond acceptors (Lipinski definition) is 4. The predicted molar refractivity (Wildman–Crippen MR) is 58.3 cm³/mol. The molecule has 2 rings (SSSR count). The molecule has 0 saturated heterocycles. The second-order valence-corrected chi connectivity index (χ2v) is 3.41. The number of para-hydroxylation sites is 1. The Morgan fingerprint density at radius 2 is 2.05 bits per heavy atom. The number of benzene rings is 1. The fourth-order valence-electron chi connectivity index (χ4n) is 1.28. The number of alkyl halides is 3. The van der Waals surface area contributed by atoms with Crippen LogP contribution in [-0.2, 0) is 6.61 Å². The van der Waals surface area contributed by atoms with E-state index in [0.717, 1.165) is 0 Å². The fourth-order valence-corrected chi connectivity index (χ4v) is 1.28. The Balaban J connectivity index is 2.08. The Kier molecular flexibility index (Phi) is 3.84. The van der Waals surface area contributed by atoms with Crippen molar-refractivity contribution >= 4 is 0 Å². The lowest BCUT2D eigenvalue weighted by Gasteiger charge is -2.13. The highest BCUT2D eigenvalue weighted by molar-refractivity contribution is 5.38. The first-order valence-electron chi connectivity index (χ1n) is 5.20. The zero-order valence-corrected chi connectivity index (χ0v) is 9.52. The molecule has 4 nitrogen and oxygen atoms in total. The van der Waals surface area contributed by atoms with Gasteiger partial charge in [0.25, 0.3) is 0 Å². The third-order valence-corrected chi connectivity index (χ3v) is 2.00. The molecule has 7 heteroatoms. The molecular weight excluding hydrogens is 261 g/mol. The molecule has 2 aromatic rings. The van der Waals surface area contributed by atoms with Gasteiger partial charge in [0.1, 0.15) is 12.3 Å². The van der Waals surface area contributed by atoms with Crippen LogP contribution in [0.15, 0.2) is 36.5 Å². The predicted octanol–water partition coefficient (Wildman–Crippen LogP) is 2.75. The van der Waals surface area contributed by atoms with Crippen molar-refractivity contribution in [1.29, 1.82) is 0 Å². The van der Waals surface area contributed by atoms with Crippen molar-refractivity contribution in [3.63, 3.8) is 0 Å². The molecule has 0 amide bonds. The molecule has 99 valence electrons. The van der Waals surface area contributed by atoms with Gasteiger partial charge < -0.3 is 9.47 Å². The third kappa shape index (κ3) is 4.13. The Hall–Kier alpha value is -2.31. The van der Waals surface area contributed by atoms with Gasteiger partial charge in [0, 0.05) is 12.3 Å². The van der Waals surface area contributed by atoms with Crippen LogP contribution in [0.3, 0.4) is 0 Å². The highest BCUT2D eigenvalue weighted by Gasteiger charge is 2.32. The molecule has 0 fully saturated rings. The monoisotopic (exact) mass is 269 g/mol. The third-order valence-electron chi connectivity index (χ3n) is 2.00. The molecule has 19 heavy (non-hydrogen) atoms. The minimum Gasteiger partial charge on any atom is -0.483 e. The van der Waals surface area contributed by atoms with E-state index >= 15 is 0 Å². The largest absolute Gasteiger partial charge is 0.573 e. The first kappa shape index (κ1) is 13.1. The van der Waals surface area contributed by atoms with Gasteiger partial charge in [-0.05, 0) is 18.2 Å². The molecule has 0 bridgehead atoms. The summed E-state index contributed by atoms with van der Waals surface area (Å²) in [5.74, 6) is -0.579. The first-order valence-corrected chi connectivity index (χ1v) is 5.20. The summed E-state index contributed by atoms with van der Waals surface area (Å²) in [6, 6.07) is 9.77. The average molecular weight is 269 g/mol. The lowest BCUT2D eigenvalue weighted by atomic mass is 10.3. The highest BCUT2D eigenvalue weighted by Crippen LogP contribution is 2.31. The molecule has 0 unspecified atom stereocenters. The van der Waals surface area contributed by atoms with Crippen molar-refractivity contribution < 1.29 is 22.6 Å². The standard InChI is InChI=1S/C12H8F3N2O2/c13-12(14,15)19-11-6-2-1-5-10(11)18-8-9-4-3-7-16-17-9/h1-5,7H,8H2. The van der Waals surface area contributed by atoms with Crippen molar-refractivity contribution in [2.75, 3.05) is 0 Å². The van der Waals surface area contributed by atoms with Crippen molar-refractivity contribution in [3.05, 3.63) is 48.3 Å². The summed E-state index contributed by atoms with van der Waals surface area (Å²) < 4.78 is 45.5. The molecule has 1 aromatic heterocycles. The smallest absolute Gasteiger partial charge is 0.483 e. The van der Waals surface area contributed by atoms with Crippen molar-refractivity contribution in [2.45, 2.75) is 13.0 Å². The number of ether oxygens (including phenoxy) is 2. The van der Waals surface area contributed by atoms with Crippen LogP contribution in [0.5, 0.6) is 11.5 Å². The van der Waals surface area contributed by atoms with Crippen LogP contribution in [0.1, 0.15) is 5.69 Å². The Bertz CT molecular complexity index is 532. The quantitative estimate of drug-likeness (QED) is 0.856. The van der Waals surface area contributed by atoms with Gasteiger partial charge in [-0.2, -0.15) is 10.2 Å². The number of rotatable bonds is 4. The molecule has 1 heterocycles. The Labute approximate surface area is 106 Å². The van der Waals surface area contributed by atoms with E-state index in [1.807, 2.05) is 0 Å². The van der Waals surface area contributed by atoms with Gasteiger partial charge in [-0.25, -0.2) is 0 Å². The molecule has 0 spiro atoms. The van der Waals surface area contributed by atoms with Gasteiger partial charge in [-0.1, -0.05) is 12.1 Å².